The standard InChI is InChI=1S/C14H16N2O3/c1-3-19-14(18)10(2)16(9-17)13-8-11-6-4-5-7-12(11)15-13/h4-10,15H,3H2,1-2H3. The third-order valence-corrected chi connectivity index (χ3v) is 2.95. The third kappa shape index (κ3) is 2.59. The molecule has 19 heavy (non-hydrogen) atoms. The second kappa shape index (κ2) is 5.56. The molecule has 2 aromatic rings. The van der Waals surface area contributed by atoms with Gasteiger partial charge in [0, 0.05) is 10.9 Å². The smallest absolute Gasteiger partial charge is 0.328 e. The highest BCUT2D eigenvalue weighted by molar-refractivity contribution is 5.92. The largest absolute Gasteiger partial charge is 0.464 e. The molecule has 0 aliphatic carbocycles. The first kappa shape index (κ1) is 13.1. The Morgan fingerprint density at radius 2 is 2.21 bits per heavy atom. The van der Waals surface area contributed by atoms with Gasteiger partial charge in [0.2, 0.25) is 6.41 Å². The molecule has 100 valence electrons. The fraction of sp³-hybridized carbons (Fsp3) is 0.286. The average Bonchev–Trinajstić information content (AvgIpc) is 2.83. The van der Waals surface area contributed by atoms with Crippen LogP contribution in [0.5, 0.6) is 0 Å². The van der Waals surface area contributed by atoms with E-state index in [0.717, 1.165) is 10.9 Å². The number of nitrogens with one attached hydrogen (secondary N) is 1. The number of benzene rings is 1. The molecule has 5 nitrogen and oxygen atoms in total. The summed E-state index contributed by atoms with van der Waals surface area (Å²) < 4.78 is 4.93. The Labute approximate surface area is 111 Å². The summed E-state index contributed by atoms with van der Waals surface area (Å²) in [4.78, 5) is 27.4. The van der Waals surface area contributed by atoms with Crippen LogP contribution >= 0.6 is 0 Å². The van der Waals surface area contributed by atoms with E-state index in [1.807, 2.05) is 30.3 Å². The minimum atomic E-state index is -0.662. The highest BCUT2D eigenvalue weighted by Gasteiger charge is 2.23. The lowest BCUT2D eigenvalue weighted by molar-refractivity contribution is -0.144. The van der Waals surface area contributed by atoms with Crippen LogP contribution in [0.15, 0.2) is 30.3 Å². The number of ether oxygens (including phenoxy) is 1. The van der Waals surface area contributed by atoms with Crippen LogP contribution in [-0.4, -0.2) is 30.0 Å². The van der Waals surface area contributed by atoms with Crippen molar-refractivity contribution in [1.82, 2.24) is 4.98 Å². The van der Waals surface area contributed by atoms with Crippen molar-refractivity contribution >= 4 is 29.1 Å². The Bertz CT molecular complexity index is 558. The fourth-order valence-corrected chi connectivity index (χ4v) is 1.93. The second-order valence-corrected chi connectivity index (χ2v) is 4.18. The van der Waals surface area contributed by atoms with Crippen LogP contribution < -0.4 is 4.90 Å². The second-order valence-electron chi connectivity index (χ2n) is 4.18. The summed E-state index contributed by atoms with van der Waals surface area (Å²) in [6.45, 7) is 3.67. The normalized spacial score (nSPS) is 12.1. The molecule has 0 fully saturated rings. The van der Waals surface area contributed by atoms with Gasteiger partial charge < -0.3 is 9.72 Å². The zero-order chi connectivity index (χ0) is 13.8. The predicted molar refractivity (Wildman–Crippen MR) is 72.9 cm³/mol. The number of hydrogen-bond acceptors (Lipinski definition) is 3. The highest BCUT2D eigenvalue weighted by atomic mass is 16.5. The average molecular weight is 260 g/mol. The Kier molecular flexibility index (Phi) is 3.85. The number of aromatic nitrogens is 1. The Morgan fingerprint density at radius 1 is 1.47 bits per heavy atom. The van der Waals surface area contributed by atoms with Gasteiger partial charge in [0.25, 0.3) is 0 Å². The maximum atomic E-state index is 11.7. The molecule has 1 heterocycles. The van der Waals surface area contributed by atoms with Crippen molar-refractivity contribution < 1.29 is 14.3 Å². The van der Waals surface area contributed by atoms with Crippen molar-refractivity contribution in [3.05, 3.63) is 30.3 Å². The zero-order valence-electron chi connectivity index (χ0n) is 10.9. The van der Waals surface area contributed by atoms with Crippen LogP contribution in [0.4, 0.5) is 5.82 Å². The molecule has 0 spiro atoms. The van der Waals surface area contributed by atoms with E-state index in [4.69, 9.17) is 4.74 Å². The first-order valence-electron chi connectivity index (χ1n) is 6.15. The van der Waals surface area contributed by atoms with Gasteiger partial charge in [0.05, 0.1) is 6.61 Å². The number of carbonyl (C=O) groups is 2. The SMILES string of the molecule is CCOC(=O)C(C)N(C=O)c1cc2ccccc2[nH]1. The first-order chi connectivity index (χ1) is 9.17. The van der Waals surface area contributed by atoms with Crippen molar-refractivity contribution in [3.8, 4) is 0 Å². The van der Waals surface area contributed by atoms with Gasteiger partial charge in [-0.25, -0.2) is 4.79 Å². The number of anilines is 1. The molecular weight excluding hydrogens is 244 g/mol. The van der Waals surface area contributed by atoms with Crippen molar-refractivity contribution in [2.75, 3.05) is 11.5 Å². The fourth-order valence-electron chi connectivity index (χ4n) is 1.93. The number of hydrogen-bond donors (Lipinski definition) is 1. The number of rotatable bonds is 5. The molecular formula is C14H16N2O3. The summed E-state index contributed by atoms with van der Waals surface area (Å²) in [5.74, 6) is 0.157. The molecule has 2 rings (SSSR count). The summed E-state index contributed by atoms with van der Waals surface area (Å²) in [6, 6.07) is 8.84. The molecule has 1 aromatic heterocycles. The van der Waals surface area contributed by atoms with Crippen molar-refractivity contribution in [1.29, 1.82) is 0 Å². The Balaban J connectivity index is 2.30. The van der Waals surface area contributed by atoms with Gasteiger partial charge in [-0.3, -0.25) is 9.69 Å². The lowest BCUT2D eigenvalue weighted by Crippen LogP contribution is -2.39. The number of fused-ring (bicyclic) bond motifs is 1. The number of H-pyrrole nitrogens is 1. The van der Waals surface area contributed by atoms with E-state index >= 15 is 0 Å². The number of para-hydroxylation sites is 1. The first-order valence-corrected chi connectivity index (χ1v) is 6.15. The molecule has 0 aliphatic heterocycles. The van der Waals surface area contributed by atoms with Gasteiger partial charge in [-0.15, -0.1) is 0 Å². The number of esters is 1. The molecule has 5 heteroatoms. The maximum absolute atomic E-state index is 11.7. The Hall–Kier alpha value is -2.30. The molecule has 1 atom stereocenters. The lowest BCUT2D eigenvalue weighted by atomic mass is 10.2. The molecule has 1 N–H and O–H groups in total. The summed E-state index contributed by atoms with van der Waals surface area (Å²) in [6.07, 6.45) is 0.631. The number of aromatic amines is 1. The molecule has 1 aromatic carbocycles. The van der Waals surface area contributed by atoms with E-state index in [1.54, 1.807) is 13.8 Å². The van der Waals surface area contributed by atoms with Crippen LogP contribution in [0.1, 0.15) is 13.8 Å². The van der Waals surface area contributed by atoms with E-state index < -0.39 is 12.0 Å². The number of amides is 1. The maximum Gasteiger partial charge on any atom is 0.328 e. The molecule has 0 bridgehead atoms. The van der Waals surface area contributed by atoms with Gasteiger partial charge in [-0.1, -0.05) is 18.2 Å². The summed E-state index contributed by atoms with van der Waals surface area (Å²) in [5, 5.41) is 0.986. The van der Waals surface area contributed by atoms with Gasteiger partial charge in [0.1, 0.15) is 11.9 Å². The monoisotopic (exact) mass is 260 g/mol. The van der Waals surface area contributed by atoms with Crippen molar-refractivity contribution in [2.45, 2.75) is 19.9 Å². The molecule has 0 radical (unpaired) electrons. The van der Waals surface area contributed by atoms with E-state index in [1.165, 1.54) is 4.90 Å². The van der Waals surface area contributed by atoms with E-state index in [2.05, 4.69) is 4.98 Å². The van der Waals surface area contributed by atoms with Crippen molar-refractivity contribution in [2.24, 2.45) is 0 Å². The van der Waals surface area contributed by atoms with Crippen LogP contribution in [0.2, 0.25) is 0 Å². The lowest BCUT2D eigenvalue weighted by Gasteiger charge is -2.21. The Morgan fingerprint density at radius 3 is 2.84 bits per heavy atom. The van der Waals surface area contributed by atoms with E-state index in [0.29, 0.717) is 18.8 Å². The number of carbonyl (C=O) groups excluding carboxylic acids is 2. The van der Waals surface area contributed by atoms with Crippen molar-refractivity contribution in [3.63, 3.8) is 0 Å². The molecule has 1 unspecified atom stereocenters. The predicted octanol–water partition coefficient (Wildman–Crippen LogP) is 2.08. The van der Waals surface area contributed by atoms with E-state index in [9.17, 15) is 9.59 Å². The molecule has 1 amide bonds. The zero-order valence-corrected chi connectivity index (χ0v) is 10.9. The van der Waals surface area contributed by atoms with Crippen LogP contribution in [0.25, 0.3) is 10.9 Å². The quantitative estimate of drug-likeness (QED) is 0.661. The third-order valence-electron chi connectivity index (χ3n) is 2.95. The molecule has 0 aliphatic rings. The molecule has 0 saturated carbocycles. The van der Waals surface area contributed by atoms with Gasteiger partial charge in [-0.05, 0) is 26.0 Å². The number of nitrogens with zero attached hydrogens (tertiary/aromatic N) is 1. The summed E-state index contributed by atoms with van der Waals surface area (Å²) in [5.41, 5.74) is 0.917. The van der Waals surface area contributed by atoms with Crippen LogP contribution in [-0.2, 0) is 14.3 Å². The minimum absolute atomic E-state index is 0.294. The molecule has 0 saturated heterocycles. The van der Waals surface area contributed by atoms with E-state index in [-0.39, 0.29) is 0 Å². The minimum Gasteiger partial charge on any atom is -0.464 e. The topological polar surface area (TPSA) is 62.4 Å². The van der Waals surface area contributed by atoms with Crippen LogP contribution in [0.3, 0.4) is 0 Å². The van der Waals surface area contributed by atoms with Crippen LogP contribution in [0, 0.1) is 0 Å². The highest BCUT2D eigenvalue weighted by Crippen LogP contribution is 2.22. The van der Waals surface area contributed by atoms with Gasteiger partial charge in [0.15, 0.2) is 0 Å². The summed E-state index contributed by atoms with van der Waals surface area (Å²) in [7, 11) is 0. The summed E-state index contributed by atoms with van der Waals surface area (Å²) >= 11 is 0. The van der Waals surface area contributed by atoms with Gasteiger partial charge in [-0.2, -0.15) is 0 Å². The van der Waals surface area contributed by atoms with Gasteiger partial charge >= 0.3 is 5.97 Å².